The number of hydrogen-bond acceptors (Lipinski definition) is 1. The van der Waals surface area contributed by atoms with Crippen LogP contribution in [0.4, 0.5) is 0 Å². The second-order valence-corrected chi connectivity index (χ2v) is 3.02. The highest BCUT2D eigenvalue weighted by Gasteiger charge is 1.96. The van der Waals surface area contributed by atoms with E-state index in [1.807, 2.05) is 18.6 Å². The maximum Gasteiger partial charge on any atom is 0.0752 e. The summed E-state index contributed by atoms with van der Waals surface area (Å²) in [5, 5.41) is 9.37. The molecule has 0 aromatic heterocycles. The van der Waals surface area contributed by atoms with Crippen LogP contribution in [0, 0.1) is 6.42 Å². The van der Waals surface area contributed by atoms with Crippen molar-refractivity contribution in [3.05, 3.63) is 30.7 Å². The first-order valence-corrected chi connectivity index (χ1v) is 5.14. The highest BCUT2D eigenvalue weighted by molar-refractivity contribution is 4.96. The molecule has 13 heavy (non-hydrogen) atoms. The molecule has 0 aromatic carbocycles. The molecule has 1 heteroatoms. The standard InChI is InChI=1S/C12H21O/c1-3-5-7-8-9-11-12(13)10-6-4-2/h5-7,10-13H,3-4,8-9H2,1-2H3/b7-5-,10-6-. The van der Waals surface area contributed by atoms with Crippen LogP contribution in [0.25, 0.3) is 0 Å². The molecule has 1 radical (unpaired) electrons. The summed E-state index contributed by atoms with van der Waals surface area (Å²) < 4.78 is 0. The second-order valence-electron chi connectivity index (χ2n) is 3.02. The molecular formula is C12H21O. The molecule has 0 aromatic rings. The van der Waals surface area contributed by atoms with Gasteiger partial charge in [0.25, 0.3) is 0 Å². The van der Waals surface area contributed by atoms with Crippen LogP contribution < -0.4 is 0 Å². The first kappa shape index (κ1) is 12.4. The van der Waals surface area contributed by atoms with Crippen molar-refractivity contribution in [3.8, 4) is 0 Å². The van der Waals surface area contributed by atoms with Crippen molar-refractivity contribution in [3.63, 3.8) is 0 Å². The average molecular weight is 181 g/mol. The lowest BCUT2D eigenvalue weighted by molar-refractivity contribution is 0.250. The van der Waals surface area contributed by atoms with Crippen molar-refractivity contribution < 1.29 is 5.11 Å². The zero-order chi connectivity index (χ0) is 9.94. The van der Waals surface area contributed by atoms with Crippen LogP contribution in [-0.2, 0) is 0 Å². The molecule has 0 amide bonds. The Hall–Kier alpha value is -0.560. The molecule has 0 bridgehead atoms. The van der Waals surface area contributed by atoms with E-state index < -0.39 is 0 Å². The predicted octanol–water partition coefficient (Wildman–Crippen LogP) is 3.26. The second kappa shape index (κ2) is 9.53. The van der Waals surface area contributed by atoms with Crippen LogP contribution in [-0.4, -0.2) is 11.2 Å². The van der Waals surface area contributed by atoms with Gasteiger partial charge in [-0.25, -0.2) is 0 Å². The van der Waals surface area contributed by atoms with Crippen LogP contribution >= 0.6 is 0 Å². The lowest BCUT2D eigenvalue weighted by Gasteiger charge is -2.02. The third-order valence-electron chi connectivity index (χ3n) is 1.71. The van der Waals surface area contributed by atoms with Crippen LogP contribution in [0.1, 0.15) is 39.5 Å². The van der Waals surface area contributed by atoms with Crippen molar-refractivity contribution in [1.29, 1.82) is 0 Å². The Balaban J connectivity index is 3.31. The molecule has 1 nitrogen and oxygen atoms in total. The Morgan fingerprint density at radius 1 is 1.00 bits per heavy atom. The fourth-order valence-corrected chi connectivity index (χ4v) is 1.00. The van der Waals surface area contributed by atoms with E-state index >= 15 is 0 Å². The molecule has 0 fully saturated rings. The first-order valence-electron chi connectivity index (χ1n) is 5.14. The Labute approximate surface area is 82.2 Å². The summed E-state index contributed by atoms with van der Waals surface area (Å²) in [6, 6.07) is 0. The molecule has 0 saturated heterocycles. The molecule has 1 N–H and O–H groups in total. The van der Waals surface area contributed by atoms with Crippen molar-refractivity contribution in [2.75, 3.05) is 0 Å². The van der Waals surface area contributed by atoms with Crippen LogP contribution in [0.3, 0.4) is 0 Å². The molecule has 1 atom stereocenters. The minimum absolute atomic E-state index is 0.366. The topological polar surface area (TPSA) is 20.2 Å². The Bertz CT molecular complexity index is 147. The number of hydrogen-bond donors (Lipinski definition) is 1. The summed E-state index contributed by atoms with van der Waals surface area (Å²) in [6.45, 7) is 4.19. The Morgan fingerprint density at radius 3 is 2.31 bits per heavy atom. The zero-order valence-electron chi connectivity index (χ0n) is 8.74. The number of rotatable bonds is 7. The molecule has 1 unspecified atom stereocenters. The summed E-state index contributed by atoms with van der Waals surface area (Å²) in [5.74, 6) is 0. The van der Waals surface area contributed by atoms with E-state index in [2.05, 4.69) is 26.0 Å². The summed E-state index contributed by atoms with van der Waals surface area (Å²) in [7, 11) is 0. The van der Waals surface area contributed by atoms with E-state index in [4.69, 9.17) is 0 Å². The lowest BCUT2D eigenvalue weighted by atomic mass is 10.1. The number of unbranched alkanes of at least 4 members (excludes halogenated alkanes) is 1. The van der Waals surface area contributed by atoms with Crippen molar-refractivity contribution in [2.45, 2.75) is 45.6 Å². The third-order valence-corrected chi connectivity index (χ3v) is 1.71. The summed E-state index contributed by atoms with van der Waals surface area (Å²) in [6.07, 6.45) is 13.8. The van der Waals surface area contributed by atoms with Crippen LogP contribution in [0.2, 0.25) is 0 Å². The highest BCUT2D eigenvalue weighted by Crippen LogP contribution is 2.02. The molecule has 0 saturated carbocycles. The van der Waals surface area contributed by atoms with E-state index in [1.165, 1.54) is 0 Å². The molecule has 0 spiro atoms. The van der Waals surface area contributed by atoms with Crippen LogP contribution in [0.5, 0.6) is 0 Å². The van der Waals surface area contributed by atoms with Crippen molar-refractivity contribution >= 4 is 0 Å². The number of aliphatic hydroxyl groups is 1. The molecule has 75 valence electrons. The molecular weight excluding hydrogens is 160 g/mol. The zero-order valence-corrected chi connectivity index (χ0v) is 8.74. The fourth-order valence-electron chi connectivity index (χ4n) is 1.00. The van der Waals surface area contributed by atoms with Gasteiger partial charge in [0.2, 0.25) is 0 Å². The van der Waals surface area contributed by atoms with Gasteiger partial charge in [-0.1, -0.05) is 38.2 Å². The predicted molar refractivity (Wildman–Crippen MR) is 58.4 cm³/mol. The van der Waals surface area contributed by atoms with Gasteiger partial charge in [0.15, 0.2) is 0 Å². The maximum atomic E-state index is 9.37. The smallest absolute Gasteiger partial charge is 0.0752 e. The quantitative estimate of drug-likeness (QED) is 0.472. The third kappa shape index (κ3) is 9.35. The highest BCUT2D eigenvalue weighted by atomic mass is 16.3. The van der Waals surface area contributed by atoms with Crippen molar-refractivity contribution in [2.24, 2.45) is 0 Å². The molecule has 0 aliphatic heterocycles. The number of allylic oxidation sites excluding steroid dienone is 3. The fraction of sp³-hybridized carbons (Fsp3) is 0.583. The molecule has 0 heterocycles. The van der Waals surface area contributed by atoms with Gasteiger partial charge in [0.05, 0.1) is 6.10 Å². The molecule has 0 aliphatic carbocycles. The minimum atomic E-state index is -0.366. The Kier molecular flexibility index (Phi) is 9.12. The maximum absolute atomic E-state index is 9.37. The van der Waals surface area contributed by atoms with E-state index in [0.717, 1.165) is 25.7 Å². The largest absolute Gasteiger partial charge is 0.389 e. The summed E-state index contributed by atoms with van der Waals surface area (Å²) in [5.41, 5.74) is 0. The SMILES string of the molecule is CC/C=C\CC[CH]C(O)/C=C\CC. The van der Waals surface area contributed by atoms with Gasteiger partial charge in [-0.3, -0.25) is 0 Å². The average Bonchev–Trinajstić information content (AvgIpc) is 2.14. The van der Waals surface area contributed by atoms with E-state index in [9.17, 15) is 5.11 Å². The van der Waals surface area contributed by atoms with Gasteiger partial charge in [0, 0.05) is 0 Å². The normalized spacial score (nSPS) is 14.4. The van der Waals surface area contributed by atoms with E-state index in [-0.39, 0.29) is 6.10 Å². The first-order chi connectivity index (χ1) is 6.31. The van der Waals surface area contributed by atoms with E-state index in [1.54, 1.807) is 0 Å². The minimum Gasteiger partial charge on any atom is -0.389 e. The lowest BCUT2D eigenvalue weighted by Crippen LogP contribution is -2.01. The molecule has 0 aliphatic rings. The summed E-state index contributed by atoms with van der Waals surface area (Å²) in [4.78, 5) is 0. The van der Waals surface area contributed by atoms with Gasteiger partial charge in [-0.2, -0.15) is 0 Å². The summed E-state index contributed by atoms with van der Waals surface area (Å²) >= 11 is 0. The van der Waals surface area contributed by atoms with Gasteiger partial charge >= 0.3 is 0 Å². The van der Waals surface area contributed by atoms with Gasteiger partial charge in [-0.15, -0.1) is 0 Å². The van der Waals surface area contributed by atoms with Crippen molar-refractivity contribution in [1.82, 2.24) is 0 Å². The van der Waals surface area contributed by atoms with Crippen LogP contribution in [0.15, 0.2) is 24.3 Å². The van der Waals surface area contributed by atoms with Gasteiger partial charge in [0.1, 0.15) is 0 Å². The molecule has 0 rings (SSSR count). The monoisotopic (exact) mass is 181 g/mol. The number of aliphatic hydroxyl groups excluding tert-OH is 1. The van der Waals surface area contributed by atoms with E-state index in [0.29, 0.717) is 0 Å². The van der Waals surface area contributed by atoms with Gasteiger partial charge in [-0.05, 0) is 32.1 Å². The Morgan fingerprint density at radius 2 is 1.69 bits per heavy atom. The van der Waals surface area contributed by atoms with Gasteiger partial charge < -0.3 is 5.11 Å².